The van der Waals surface area contributed by atoms with Crippen molar-refractivity contribution in [1.29, 1.82) is 0 Å². The van der Waals surface area contributed by atoms with Crippen molar-refractivity contribution < 1.29 is 9.18 Å². The SMILES string of the molecule is Cc1ccsc1CNC(=O)N1CC(F)C1. The Morgan fingerprint density at radius 2 is 2.47 bits per heavy atom. The number of urea groups is 1. The lowest BCUT2D eigenvalue weighted by Crippen LogP contribution is -2.54. The molecule has 1 fully saturated rings. The molecule has 1 N–H and O–H groups in total. The number of likely N-dealkylation sites (tertiary alicyclic amines) is 1. The maximum Gasteiger partial charge on any atom is 0.317 e. The van der Waals surface area contributed by atoms with E-state index in [0.717, 1.165) is 4.88 Å². The van der Waals surface area contributed by atoms with Crippen LogP contribution in [0.25, 0.3) is 0 Å². The van der Waals surface area contributed by atoms with Gasteiger partial charge in [0.1, 0.15) is 6.17 Å². The van der Waals surface area contributed by atoms with Crippen molar-refractivity contribution in [3.05, 3.63) is 21.9 Å². The number of carbonyl (C=O) groups excluding carboxylic acids is 1. The maximum atomic E-state index is 12.5. The first-order valence-corrected chi connectivity index (χ1v) is 5.74. The summed E-state index contributed by atoms with van der Waals surface area (Å²) in [7, 11) is 0. The molecule has 2 heterocycles. The molecular formula is C10H13FN2OS. The number of hydrogen-bond donors (Lipinski definition) is 1. The molecule has 0 radical (unpaired) electrons. The van der Waals surface area contributed by atoms with Crippen molar-refractivity contribution in [3.8, 4) is 0 Å². The van der Waals surface area contributed by atoms with Gasteiger partial charge in [0.05, 0.1) is 19.6 Å². The van der Waals surface area contributed by atoms with Crippen molar-refractivity contribution in [2.45, 2.75) is 19.6 Å². The van der Waals surface area contributed by atoms with Gasteiger partial charge in [-0.1, -0.05) is 0 Å². The number of carbonyl (C=O) groups is 1. The molecule has 2 rings (SSSR count). The van der Waals surface area contributed by atoms with E-state index in [1.54, 1.807) is 11.3 Å². The monoisotopic (exact) mass is 228 g/mol. The molecule has 1 aliphatic rings. The van der Waals surface area contributed by atoms with Crippen LogP contribution in [0.5, 0.6) is 0 Å². The van der Waals surface area contributed by atoms with Gasteiger partial charge in [-0.2, -0.15) is 0 Å². The summed E-state index contributed by atoms with van der Waals surface area (Å²) in [6, 6.07) is 1.85. The van der Waals surface area contributed by atoms with Gasteiger partial charge in [0.25, 0.3) is 0 Å². The van der Waals surface area contributed by atoms with Crippen LogP contribution >= 0.6 is 11.3 Å². The van der Waals surface area contributed by atoms with E-state index in [1.165, 1.54) is 10.5 Å². The number of alkyl halides is 1. The van der Waals surface area contributed by atoms with Crippen LogP contribution in [0.3, 0.4) is 0 Å². The minimum atomic E-state index is -0.834. The molecule has 2 amide bonds. The molecule has 0 aromatic carbocycles. The summed E-state index contributed by atoms with van der Waals surface area (Å²) < 4.78 is 12.5. The molecule has 0 saturated carbocycles. The number of hydrogen-bond acceptors (Lipinski definition) is 2. The molecule has 3 nitrogen and oxygen atoms in total. The lowest BCUT2D eigenvalue weighted by Gasteiger charge is -2.34. The summed E-state index contributed by atoms with van der Waals surface area (Å²) in [6.07, 6.45) is -0.834. The Bertz CT molecular complexity index is 360. The van der Waals surface area contributed by atoms with Crippen molar-refractivity contribution >= 4 is 17.4 Å². The van der Waals surface area contributed by atoms with Crippen molar-refractivity contribution in [2.24, 2.45) is 0 Å². The highest BCUT2D eigenvalue weighted by molar-refractivity contribution is 7.10. The molecule has 1 saturated heterocycles. The molecule has 0 bridgehead atoms. The average molecular weight is 228 g/mol. The molecule has 0 aliphatic carbocycles. The Labute approximate surface area is 91.9 Å². The fourth-order valence-corrected chi connectivity index (χ4v) is 2.29. The average Bonchev–Trinajstić information content (AvgIpc) is 2.55. The molecule has 5 heteroatoms. The Morgan fingerprint density at radius 3 is 3.00 bits per heavy atom. The van der Waals surface area contributed by atoms with E-state index in [-0.39, 0.29) is 19.1 Å². The fourth-order valence-electron chi connectivity index (χ4n) is 1.44. The number of nitrogens with one attached hydrogen (secondary N) is 1. The topological polar surface area (TPSA) is 32.3 Å². The van der Waals surface area contributed by atoms with Gasteiger partial charge in [0.2, 0.25) is 0 Å². The van der Waals surface area contributed by atoms with Crippen molar-refractivity contribution in [3.63, 3.8) is 0 Å². The zero-order valence-electron chi connectivity index (χ0n) is 8.50. The number of thiophene rings is 1. The zero-order valence-corrected chi connectivity index (χ0v) is 9.31. The minimum Gasteiger partial charge on any atom is -0.333 e. The van der Waals surface area contributed by atoms with E-state index in [1.807, 2.05) is 18.4 Å². The van der Waals surface area contributed by atoms with E-state index in [9.17, 15) is 9.18 Å². The second-order valence-corrected chi connectivity index (χ2v) is 4.69. The summed E-state index contributed by atoms with van der Waals surface area (Å²) in [5.74, 6) is 0. The van der Waals surface area contributed by atoms with Crippen molar-refractivity contribution in [1.82, 2.24) is 10.2 Å². The lowest BCUT2D eigenvalue weighted by atomic mass is 10.2. The van der Waals surface area contributed by atoms with Gasteiger partial charge in [-0.05, 0) is 23.9 Å². The molecule has 1 aromatic heterocycles. The van der Waals surface area contributed by atoms with Gasteiger partial charge in [-0.25, -0.2) is 9.18 Å². The highest BCUT2D eigenvalue weighted by atomic mass is 32.1. The maximum absolute atomic E-state index is 12.5. The van der Waals surface area contributed by atoms with E-state index >= 15 is 0 Å². The quantitative estimate of drug-likeness (QED) is 0.824. The van der Waals surface area contributed by atoms with Gasteiger partial charge >= 0.3 is 6.03 Å². The van der Waals surface area contributed by atoms with Gasteiger partial charge in [-0.15, -0.1) is 11.3 Å². The number of halogens is 1. The van der Waals surface area contributed by atoms with Crippen molar-refractivity contribution in [2.75, 3.05) is 13.1 Å². The van der Waals surface area contributed by atoms with Crippen LogP contribution in [-0.2, 0) is 6.54 Å². The van der Waals surface area contributed by atoms with E-state index in [4.69, 9.17) is 0 Å². The van der Waals surface area contributed by atoms with Crippen LogP contribution < -0.4 is 5.32 Å². The Kier molecular flexibility index (Phi) is 2.90. The zero-order chi connectivity index (χ0) is 10.8. The standard InChI is InChI=1S/C10H13FN2OS/c1-7-2-3-15-9(7)4-12-10(14)13-5-8(11)6-13/h2-3,8H,4-6H2,1H3,(H,12,14). The summed E-state index contributed by atoms with van der Waals surface area (Å²) in [5, 5.41) is 4.78. The Morgan fingerprint density at radius 1 is 1.73 bits per heavy atom. The molecule has 0 atom stereocenters. The van der Waals surface area contributed by atoms with Gasteiger partial charge < -0.3 is 10.2 Å². The first kappa shape index (κ1) is 10.4. The third kappa shape index (κ3) is 2.28. The lowest BCUT2D eigenvalue weighted by molar-refractivity contribution is 0.0897. The fraction of sp³-hybridized carbons (Fsp3) is 0.500. The molecule has 0 unspecified atom stereocenters. The molecule has 1 aliphatic heterocycles. The summed E-state index contributed by atoms with van der Waals surface area (Å²) >= 11 is 1.62. The number of amides is 2. The molecule has 1 aromatic rings. The summed E-state index contributed by atoms with van der Waals surface area (Å²) in [6.45, 7) is 3.01. The third-order valence-corrected chi connectivity index (χ3v) is 3.52. The largest absolute Gasteiger partial charge is 0.333 e. The van der Waals surface area contributed by atoms with E-state index in [2.05, 4.69) is 5.32 Å². The predicted octanol–water partition coefficient (Wildman–Crippen LogP) is 1.92. The van der Waals surface area contributed by atoms with Crippen LogP contribution in [-0.4, -0.2) is 30.2 Å². The normalized spacial score (nSPS) is 16.3. The molecule has 0 spiro atoms. The van der Waals surface area contributed by atoms with Gasteiger partial charge in [-0.3, -0.25) is 0 Å². The first-order valence-electron chi connectivity index (χ1n) is 4.86. The van der Waals surface area contributed by atoms with E-state index < -0.39 is 6.17 Å². The minimum absolute atomic E-state index is 0.170. The smallest absolute Gasteiger partial charge is 0.317 e. The summed E-state index contributed by atoms with van der Waals surface area (Å²) in [5.41, 5.74) is 1.19. The van der Waals surface area contributed by atoms with Crippen LogP contribution in [0.1, 0.15) is 10.4 Å². The highest BCUT2D eigenvalue weighted by Crippen LogP contribution is 2.16. The second kappa shape index (κ2) is 4.18. The van der Waals surface area contributed by atoms with Crippen LogP contribution in [0.4, 0.5) is 9.18 Å². The number of nitrogens with zero attached hydrogens (tertiary/aromatic N) is 1. The third-order valence-electron chi connectivity index (χ3n) is 2.49. The van der Waals surface area contributed by atoms with Crippen LogP contribution in [0.15, 0.2) is 11.4 Å². The molecular weight excluding hydrogens is 215 g/mol. The molecule has 15 heavy (non-hydrogen) atoms. The van der Waals surface area contributed by atoms with Gasteiger partial charge in [0.15, 0.2) is 0 Å². The highest BCUT2D eigenvalue weighted by Gasteiger charge is 2.30. The first-order chi connectivity index (χ1) is 7.16. The van der Waals surface area contributed by atoms with Gasteiger partial charge in [0, 0.05) is 4.88 Å². The predicted molar refractivity (Wildman–Crippen MR) is 57.8 cm³/mol. The number of rotatable bonds is 2. The Hall–Kier alpha value is -1.10. The Balaban J connectivity index is 1.79. The van der Waals surface area contributed by atoms with Crippen LogP contribution in [0.2, 0.25) is 0 Å². The van der Waals surface area contributed by atoms with Crippen LogP contribution in [0, 0.1) is 6.92 Å². The number of aryl methyl sites for hydroxylation is 1. The van der Waals surface area contributed by atoms with E-state index in [0.29, 0.717) is 6.54 Å². The molecule has 82 valence electrons. The second-order valence-electron chi connectivity index (χ2n) is 3.69. The summed E-state index contributed by atoms with van der Waals surface area (Å²) in [4.78, 5) is 14.1.